The topological polar surface area (TPSA) is 118 Å². The Hall–Kier alpha value is -10.1. The Balaban J connectivity index is 0.000000193. The predicted octanol–water partition coefficient (Wildman–Crippen LogP) is 26.6. The van der Waals surface area contributed by atoms with Gasteiger partial charge in [-0.25, -0.2) is 22.7 Å². The van der Waals surface area contributed by atoms with Crippen LogP contribution < -0.4 is 4.90 Å². The summed E-state index contributed by atoms with van der Waals surface area (Å²) in [7, 11) is 0. The molecule has 8 aromatic heterocycles. The van der Waals surface area contributed by atoms with Crippen LogP contribution in [-0.4, -0.2) is 40.8 Å². The van der Waals surface area contributed by atoms with Crippen molar-refractivity contribution in [2.24, 2.45) is 0 Å². The first-order valence-electron chi connectivity index (χ1n) is 36.8. The van der Waals surface area contributed by atoms with E-state index in [2.05, 4.69) is 256 Å². The van der Waals surface area contributed by atoms with Crippen LogP contribution in [0.1, 0.15) is 30.5 Å². The van der Waals surface area contributed by atoms with Gasteiger partial charge in [-0.05, 0) is 154 Å². The third-order valence-corrected chi connectivity index (χ3v) is 20.0. The number of allylic oxidation sites excluding steroid dienone is 2. The summed E-state index contributed by atoms with van der Waals surface area (Å²) < 4.78 is 2.52. The van der Waals surface area contributed by atoms with Gasteiger partial charge in [0.2, 0.25) is 0 Å². The molecule has 0 aliphatic rings. The number of para-hydroxylation sites is 2. The van der Waals surface area contributed by atoms with Gasteiger partial charge in [-0.15, -0.1) is 183 Å². The molecule has 0 saturated carbocycles. The van der Waals surface area contributed by atoms with Crippen LogP contribution in [-0.2, 0) is 125 Å². The number of aromatic nitrogens is 6. The molecule has 0 aliphatic carbocycles. The number of fused-ring (bicyclic) bond motifs is 5. The second kappa shape index (κ2) is 49.5. The van der Waals surface area contributed by atoms with Gasteiger partial charge in [0.05, 0.1) is 5.76 Å². The van der Waals surface area contributed by atoms with Crippen LogP contribution in [0.5, 0.6) is 0 Å². The maximum atomic E-state index is 10.0. The Kier molecular flexibility index (Phi) is 39.9. The van der Waals surface area contributed by atoms with Crippen LogP contribution in [0.2, 0.25) is 0 Å². The minimum Gasteiger partial charge on any atom is -0.512 e. The number of pyridine rings is 6. The van der Waals surface area contributed by atoms with Crippen LogP contribution >= 0.6 is 22.7 Å². The van der Waals surface area contributed by atoms with Crippen molar-refractivity contribution < 1.29 is 131 Å². The zero-order valence-electron chi connectivity index (χ0n) is 65.0. The van der Waals surface area contributed by atoms with Gasteiger partial charge in [0, 0.05) is 187 Å². The third kappa shape index (κ3) is 27.0. The van der Waals surface area contributed by atoms with Crippen molar-refractivity contribution in [2.45, 2.75) is 34.6 Å². The molecule has 604 valence electrons. The number of thiophene rings is 2. The van der Waals surface area contributed by atoms with Crippen molar-refractivity contribution in [1.82, 2.24) is 29.9 Å². The Bertz CT molecular complexity index is 6100. The largest absolute Gasteiger partial charge is 0.512 e. The van der Waals surface area contributed by atoms with Crippen molar-refractivity contribution in [1.29, 1.82) is 0 Å². The molecule has 0 bridgehead atoms. The van der Waals surface area contributed by atoms with Crippen molar-refractivity contribution in [3.8, 4) is 66.2 Å². The van der Waals surface area contributed by atoms with E-state index in [4.69, 9.17) is 5.11 Å². The van der Waals surface area contributed by atoms with Gasteiger partial charge in [0.25, 0.3) is 0 Å². The Morgan fingerprint density at radius 3 is 1.17 bits per heavy atom. The van der Waals surface area contributed by atoms with Crippen LogP contribution in [0.25, 0.3) is 119 Å². The summed E-state index contributed by atoms with van der Waals surface area (Å²) in [5.41, 5.74) is 17.2. The quantitative estimate of drug-likeness (QED) is 0.0811. The molecule has 0 spiro atoms. The number of hydrogen-bond acceptors (Lipinski definition) is 11. The summed E-state index contributed by atoms with van der Waals surface area (Å²) in [6, 6.07) is 130. The number of benzene rings is 11. The van der Waals surface area contributed by atoms with Gasteiger partial charge in [-0.3, -0.25) is 4.79 Å². The average Bonchev–Trinajstić information content (AvgIpc) is 1.81. The van der Waals surface area contributed by atoms with E-state index in [1.807, 2.05) is 201 Å². The molecule has 19 rings (SSSR count). The number of ketones is 1. The van der Waals surface area contributed by atoms with E-state index in [0.29, 0.717) is 0 Å². The number of hydrogen-bond donors (Lipinski definition) is 1. The minimum absolute atomic E-state index is 0. The molecule has 19 aromatic rings. The fourth-order valence-electron chi connectivity index (χ4n) is 12.3. The Morgan fingerprint density at radius 2 is 0.748 bits per heavy atom. The molecule has 11 aromatic carbocycles. The van der Waals surface area contributed by atoms with E-state index in [-0.39, 0.29) is 132 Å². The van der Waals surface area contributed by atoms with Crippen molar-refractivity contribution in [3.05, 3.63) is 430 Å². The second-order valence-electron chi connectivity index (χ2n) is 26.0. The smallest absolute Gasteiger partial charge is 0.155 e. The molecule has 8 heterocycles. The van der Waals surface area contributed by atoms with Crippen molar-refractivity contribution in [2.75, 3.05) is 4.90 Å². The molecule has 0 saturated heterocycles. The van der Waals surface area contributed by atoms with Gasteiger partial charge in [-0.1, -0.05) is 191 Å². The SMILES string of the molecule is CC(=O)C=C(C)O.Cc1c[c-]c(-c2nccc3ccccc23)cc1C.Cc1cc[c-]c(-c2nccc3ccccc23)c1.[Ir].[Ir].[Ir].[Ir].[Ir].[Ir].[c-]1c(-c2ccccn2)sc2ccccc12.[c-]1c(-c2ccccn2)sc2ccccc12.[c-]1ccc(N(c2ccccc2)c2ccccc2)cc1-c1ccccn1.[c-]1ccccc1-c1nccc2ccccc12. The minimum atomic E-state index is -0.125. The summed E-state index contributed by atoms with van der Waals surface area (Å²) in [6.45, 7) is 9.16. The van der Waals surface area contributed by atoms with E-state index in [1.54, 1.807) is 22.7 Å². The van der Waals surface area contributed by atoms with Gasteiger partial charge in [0.15, 0.2) is 5.78 Å². The first-order chi connectivity index (χ1) is 55.5. The molecule has 0 amide bonds. The number of aryl methyl sites for hydroxylation is 3. The Labute approximate surface area is 785 Å². The van der Waals surface area contributed by atoms with E-state index < -0.39 is 0 Å². The van der Waals surface area contributed by atoms with E-state index in [1.165, 1.54) is 89.1 Å². The van der Waals surface area contributed by atoms with Gasteiger partial charge >= 0.3 is 0 Å². The molecule has 119 heavy (non-hydrogen) atoms. The summed E-state index contributed by atoms with van der Waals surface area (Å²) >= 11 is 3.46. The van der Waals surface area contributed by atoms with Crippen molar-refractivity contribution >= 4 is 98.0 Å². The summed E-state index contributed by atoms with van der Waals surface area (Å²) in [5, 5.41) is 17.9. The average molecular weight is 2650 g/mol. The van der Waals surface area contributed by atoms with E-state index in [9.17, 15) is 4.79 Å². The van der Waals surface area contributed by atoms with E-state index >= 15 is 0 Å². The number of carbonyl (C=O) groups is 1. The predicted molar refractivity (Wildman–Crippen MR) is 470 cm³/mol. The molecule has 0 unspecified atom stereocenters. The van der Waals surface area contributed by atoms with Crippen LogP contribution in [0, 0.1) is 57.2 Å². The summed E-state index contributed by atoms with van der Waals surface area (Å²) in [6.07, 6.45) is 12.2. The third-order valence-electron chi connectivity index (χ3n) is 17.8. The molecule has 0 aliphatic heterocycles. The summed E-state index contributed by atoms with van der Waals surface area (Å²) in [5.74, 6) is -0.0625. The van der Waals surface area contributed by atoms with Crippen molar-refractivity contribution in [3.63, 3.8) is 0 Å². The standard InChI is InChI=1S/C23H17N2.C17H14N.C16H12N.C15H10N.2C13H8NS.C5H8O2.6Ir/c1-3-11-20(12-4-1)25(21-13-5-2-6-14-21)22-15-9-10-19(18-22)23-16-7-8-17-24-23;1-12-7-8-15(11-13(12)2)17-16-6-4-3-5-14(16)9-10-18-17;1-12-5-4-7-14(11-12)16-15-8-3-2-6-13(15)9-10-17-16;1-2-7-13(8-3-1)15-14-9-5-4-6-12(14)10-11-16-15;2*1-2-7-12-10(5-1)9-13(15-12)11-6-3-4-8-14-11;1-4(6)3-5(2)7;;;;;;/h1-9,11-18H;3-7,9-11H,1-2H3;2-6,8-11H,1H3;1-7,9-11H;2*1-8H;3,6H,1-2H3;;;;;;/q6*-1;;;;;;;. The van der Waals surface area contributed by atoms with Gasteiger partial charge in [-0.2, -0.15) is 0 Å². The maximum absolute atomic E-state index is 10.0. The summed E-state index contributed by atoms with van der Waals surface area (Å²) in [4.78, 5) is 41.0. The maximum Gasteiger partial charge on any atom is 0.155 e. The normalized spacial score (nSPS) is 10.1. The molecular weight excluding hydrogens is 2570 g/mol. The van der Waals surface area contributed by atoms with Crippen LogP contribution in [0.3, 0.4) is 0 Å². The van der Waals surface area contributed by atoms with Gasteiger partial charge in [0.1, 0.15) is 0 Å². The van der Waals surface area contributed by atoms with E-state index in [0.717, 1.165) is 83.2 Å². The number of carbonyl (C=O) groups excluding carboxylic acids is 1. The first-order valence-corrected chi connectivity index (χ1v) is 38.4. The van der Waals surface area contributed by atoms with Gasteiger partial charge < -0.3 is 39.9 Å². The molecule has 0 fully saturated rings. The Morgan fingerprint density at radius 1 is 0.345 bits per heavy atom. The molecule has 1 N–H and O–H groups in total. The van der Waals surface area contributed by atoms with Crippen LogP contribution in [0.15, 0.2) is 377 Å². The molecular formula is C102H77Ir6N7O2S2-6. The number of rotatable bonds is 10. The zero-order chi connectivity index (χ0) is 77.9. The number of aliphatic hydroxyl groups excluding tert-OH is 1. The number of aliphatic hydroxyl groups is 1. The molecule has 17 heteroatoms. The molecule has 6 radical (unpaired) electrons. The number of anilines is 3. The fourth-order valence-corrected chi connectivity index (χ4v) is 14.3. The van der Waals surface area contributed by atoms with Crippen LogP contribution in [0.4, 0.5) is 17.1 Å². The first kappa shape index (κ1) is 96.1. The molecule has 9 nitrogen and oxygen atoms in total. The monoisotopic (exact) mass is 2650 g/mol. The number of nitrogens with zero attached hydrogens (tertiary/aromatic N) is 7. The zero-order valence-corrected chi connectivity index (χ0v) is 81.0. The second-order valence-corrected chi connectivity index (χ2v) is 28.1. The fraction of sp³-hybridized carbons (Fsp3) is 0.0490. The molecule has 0 atom stereocenters.